The van der Waals surface area contributed by atoms with E-state index < -0.39 is 35.5 Å². The van der Waals surface area contributed by atoms with Crippen LogP contribution in [0.15, 0.2) is 36.8 Å². The van der Waals surface area contributed by atoms with Crippen molar-refractivity contribution >= 4 is 40.2 Å². The Bertz CT molecular complexity index is 1900. The number of pyridine rings is 1. The maximum atomic E-state index is 14.5. The van der Waals surface area contributed by atoms with Crippen LogP contribution in [0.4, 0.5) is 10.1 Å². The Hall–Kier alpha value is -4.94. The number of halogens is 1. The minimum absolute atomic E-state index is 0.0816. The van der Waals surface area contributed by atoms with E-state index in [1.54, 1.807) is 31.4 Å². The van der Waals surface area contributed by atoms with E-state index in [2.05, 4.69) is 20.7 Å². The number of hydrogen-bond donors (Lipinski definition) is 2. The molecule has 2 aliphatic carbocycles. The Labute approximate surface area is 250 Å². The lowest BCUT2D eigenvalue weighted by molar-refractivity contribution is -0.136. The van der Waals surface area contributed by atoms with Crippen molar-refractivity contribution in [3.05, 3.63) is 59.4 Å². The number of carbonyl (C=O) groups excluding carboxylic acids is 4. The van der Waals surface area contributed by atoms with E-state index in [0.29, 0.717) is 35.0 Å². The second kappa shape index (κ2) is 9.79. The Morgan fingerprint density at radius 2 is 1.82 bits per heavy atom. The first-order valence-electron chi connectivity index (χ1n) is 14.9. The molecule has 5 heterocycles. The van der Waals surface area contributed by atoms with Crippen molar-refractivity contribution in [3.63, 3.8) is 0 Å². The molecule has 224 valence electrons. The molecule has 2 saturated carbocycles. The number of piperidine rings is 1. The largest absolute Gasteiger partial charge is 0.385 e. The number of benzene rings is 1. The van der Waals surface area contributed by atoms with Gasteiger partial charge in [0.1, 0.15) is 11.6 Å². The van der Waals surface area contributed by atoms with Gasteiger partial charge in [0.15, 0.2) is 5.82 Å². The summed E-state index contributed by atoms with van der Waals surface area (Å²) in [7, 11) is 1.72. The average Bonchev–Trinajstić information content (AvgIpc) is 3.54. The normalized spacial score (nSPS) is 23.2. The summed E-state index contributed by atoms with van der Waals surface area (Å²) in [5, 5.41) is 15.5. The molecule has 13 heteroatoms. The van der Waals surface area contributed by atoms with Gasteiger partial charge in [-0.15, -0.1) is 0 Å². The number of carbonyl (C=O) groups is 4. The van der Waals surface area contributed by atoms with Gasteiger partial charge in [0.25, 0.3) is 11.8 Å². The molecule has 4 aliphatic rings. The molecular formula is C31H29FN8O4. The van der Waals surface area contributed by atoms with Gasteiger partial charge in [-0.2, -0.15) is 10.2 Å². The lowest BCUT2D eigenvalue weighted by Crippen LogP contribution is -2.54. The van der Waals surface area contributed by atoms with Crippen LogP contribution >= 0.6 is 0 Å². The van der Waals surface area contributed by atoms with Crippen molar-refractivity contribution in [2.45, 2.75) is 56.5 Å². The Kier molecular flexibility index (Phi) is 5.94. The topological polar surface area (TPSA) is 144 Å². The fraction of sp³-hybridized carbons (Fsp3) is 0.387. The molecule has 8 rings (SSSR count). The number of nitrogens with zero attached hydrogens (tertiary/aromatic N) is 6. The van der Waals surface area contributed by atoms with Crippen molar-refractivity contribution < 1.29 is 23.6 Å². The molecule has 12 nitrogen and oxygen atoms in total. The van der Waals surface area contributed by atoms with Crippen molar-refractivity contribution in [2.75, 3.05) is 11.9 Å². The Morgan fingerprint density at radius 3 is 2.59 bits per heavy atom. The van der Waals surface area contributed by atoms with Gasteiger partial charge in [-0.3, -0.25) is 43.7 Å². The number of rotatable bonds is 7. The monoisotopic (exact) mass is 596 g/mol. The predicted molar refractivity (Wildman–Crippen MR) is 155 cm³/mol. The van der Waals surface area contributed by atoms with Gasteiger partial charge >= 0.3 is 0 Å². The summed E-state index contributed by atoms with van der Waals surface area (Å²) in [4.78, 5) is 55.4. The van der Waals surface area contributed by atoms with Crippen LogP contribution in [0.2, 0.25) is 0 Å². The van der Waals surface area contributed by atoms with Gasteiger partial charge in [0.05, 0.1) is 41.0 Å². The molecule has 3 aromatic heterocycles. The summed E-state index contributed by atoms with van der Waals surface area (Å²) >= 11 is 0. The lowest BCUT2D eigenvalue weighted by atomic mass is 9.80. The fourth-order valence-corrected chi connectivity index (χ4v) is 6.72. The van der Waals surface area contributed by atoms with Gasteiger partial charge in [-0.25, -0.2) is 4.39 Å². The zero-order valence-electron chi connectivity index (χ0n) is 23.9. The number of amides is 4. The van der Waals surface area contributed by atoms with Crippen LogP contribution in [-0.2, 0) is 16.6 Å². The SMILES string of the molecule is Cn1ncc2c(-c3cn([C@H]4C[C@H](CNc5ccc6c(c5)C(=O)N(C5CCC(=O)NC5=O)C6=O)C4)nc3C3CC3)ncc(F)c21. The molecule has 44 heavy (non-hydrogen) atoms. The Balaban J connectivity index is 0.941. The van der Waals surface area contributed by atoms with Crippen LogP contribution in [0.3, 0.4) is 0 Å². The van der Waals surface area contributed by atoms with E-state index in [1.807, 2.05) is 10.9 Å². The minimum Gasteiger partial charge on any atom is -0.385 e. The molecule has 2 aliphatic heterocycles. The average molecular weight is 597 g/mol. The predicted octanol–water partition coefficient (Wildman–Crippen LogP) is 3.31. The van der Waals surface area contributed by atoms with Crippen molar-refractivity contribution in [1.82, 2.24) is 34.8 Å². The molecular weight excluding hydrogens is 567 g/mol. The number of aryl methyl sites for hydroxylation is 1. The van der Waals surface area contributed by atoms with E-state index in [1.165, 1.54) is 10.9 Å². The van der Waals surface area contributed by atoms with Gasteiger partial charge in [-0.1, -0.05) is 0 Å². The van der Waals surface area contributed by atoms with Crippen LogP contribution < -0.4 is 10.6 Å². The molecule has 0 bridgehead atoms. The second-order valence-electron chi connectivity index (χ2n) is 12.2. The summed E-state index contributed by atoms with van der Waals surface area (Å²) < 4.78 is 18.1. The highest BCUT2D eigenvalue weighted by Crippen LogP contribution is 2.46. The summed E-state index contributed by atoms with van der Waals surface area (Å²) in [6.07, 6.45) is 9.17. The number of fused-ring (bicyclic) bond motifs is 2. The van der Waals surface area contributed by atoms with Crippen LogP contribution in [0.1, 0.15) is 76.9 Å². The smallest absolute Gasteiger partial charge is 0.262 e. The number of aromatic nitrogens is 5. The van der Waals surface area contributed by atoms with E-state index in [9.17, 15) is 23.6 Å². The number of nitrogens with one attached hydrogen (secondary N) is 2. The summed E-state index contributed by atoms with van der Waals surface area (Å²) in [5.74, 6) is -1.69. The van der Waals surface area contributed by atoms with Crippen LogP contribution in [0, 0.1) is 11.7 Å². The van der Waals surface area contributed by atoms with Gasteiger partial charge in [-0.05, 0) is 56.2 Å². The van der Waals surface area contributed by atoms with E-state index in [-0.39, 0.29) is 30.0 Å². The van der Waals surface area contributed by atoms with Crippen molar-refractivity contribution in [3.8, 4) is 11.3 Å². The number of imide groups is 2. The molecule has 2 N–H and O–H groups in total. The number of anilines is 1. The fourth-order valence-electron chi connectivity index (χ4n) is 6.72. The van der Waals surface area contributed by atoms with Gasteiger partial charge in [0.2, 0.25) is 11.8 Å². The first kappa shape index (κ1) is 26.7. The van der Waals surface area contributed by atoms with Crippen LogP contribution in [-0.4, -0.2) is 65.7 Å². The molecule has 1 aromatic carbocycles. The zero-order chi connectivity index (χ0) is 30.3. The summed E-state index contributed by atoms with van der Waals surface area (Å²) in [5.41, 5.74) is 4.33. The third-order valence-corrected chi connectivity index (χ3v) is 9.33. The summed E-state index contributed by atoms with van der Waals surface area (Å²) in [6, 6.07) is 4.29. The molecule has 1 unspecified atom stereocenters. The first-order valence-corrected chi connectivity index (χ1v) is 14.9. The minimum atomic E-state index is -0.985. The molecule has 0 spiro atoms. The molecule has 0 radical (unpaired) electrons. The van der Waals surface area contributed by atoms with Gasteiger partial charge in [0, 0.05) is 48.8 Å². The third kappa shape index (κ3) is 4.20. The van der Waals surface area contributed by atoms with E-state index >= 15 is 0 Å². The van der Waals surface area contributed by atoms with Crippen LogP contribution in [0.25, 0.3) is 22.2 Å². The molecule has 4 aromatic rings. The maximum Gasteiger partial charge on any atom is 0.262 e. The number of hydrogen-bond acceptors (Lipinski definition) is 8. The quantitative estimate of drug-likeness (QED) is 0.309. The van der Waals surface area contributed by atoms with Gasteiger partial charge < -0.3 is 5.32 Å². The molecule has 4 amide bonds. The Morgan fingerprint density at radius 1 is 1.02 bits per heavy atom. The summed E-state index contributed by atoms with van der Waals surface area (Å²) in [6.45, 7) is 0.688. The van der Waals surface area contributed by atoms with E-state index in [4.69, 9.17) is 5.10 Å². The van der Waals surface area contributed by atoms with E-state index in [0.717, 1.165) is 47.5 Å². The zero-order valence-corrected chi connectivity index (χ0v) is 23.9. The third-order valence-electron chi connectivity index (χ3n) is 9.33. The molecule has 1 atom stereocenters. The standard InChI is InChI=1S/C31H29FN8O4/c1-38-28-21(12-35-38)27(34-13-23(28)32)22-14-39(37-26(22)16-2-3-16)18-8-15(9-18)11-33-17-4-5-19-20(10-17)31(44)40(30(19)43)24-6-7-25(41)36-29(24)42/h4-5,10,12-16,18,24,33H,2-3,6-9,11H2,1H3,(H,36,41,42)/t15-,18-,24?. The maximum absolute atomic E-state index is 14.5. The first-order chi connectivity index (χ1) is 21.3. The van der Waals surface area contributed by atoms with Crippen molar-refractivity contribution in [2.24, 2.45) is 13.0 Å². The molecule has 1 saturated heterocycles. The lowest BCUT2D eigenvalue weighted by Gasteiger charge is -2.35. The molecule has 3 fully saturated rings. The van der Waals surface area contributed by atoms with Crippen molar-refractivity contribution in [1.29, 1.82) is 0 Å². The van der Waals surface area contributed by atoms with Crippen LogP contribution in [0.5, 0.6) is 0 Å². The highest BCUT2D eigenvalue weighted by molar-refractivity contribution is 6.23. The highest BCUT2D eigenvalue weighted by Gasteiger charge is 2.44. The highest BCUT2D eigenvalue weighted by atomic mass is 19.1. The second-order valence-corrected chi connectivity index (χ2v) is 12.2.